The predicted molar refractivity (Wildman–Crippen MR) is 91.2 cm³/mol. The van der Waals surface area contributed by atoms with Crippen molar-refractivity contribution in [1.82, 2.24) is 9.88 Å². The molecule has 1 fully saturated rings. The fourth-order valence-electron chi connectivity index (χ4n) is 2.51. The Kier molecular flexibility index (Phi) is 6.58. The number of aromatic nitrogens is 1. The van der Waals surface area contributed by atoms with Gasteiger partial charge in [0.2, 0.25) is 5.83 Å². The highest BCUT2D eigenvalue weighted by molar-refractivity contribution is 6.33. The van der Waals surface area contributed by atoms with E-state index in [1.54, 1.807) is 6.92 Å². The van der Waals surface area contributed by atoms with Gasteiger partial charge in [-0.3, -0.25) is 0 Å². The standard InChI is InChI=1S/C16H19ClFN3O4/c1-2-25-15(22)13(18)7-10-6-12(17)14(19-8-10)20-11-4-3-5-21(9-11)16(23)24/h6-8,11H,2-5,9H2,1H3,(H,19,20)(H,23,24)/b13-7-/t11-/m1/s1. The van der Waals surface area contributed by atoms with Gasteiger partial charge in [0.25, 0.3) is 0 Å². The molecule has 1 atom stereocenters. The molecule has 1 aliphatic rings. The van der Waals surface area contributed by atoms with E-state index in [0.29, 0.717) is 24.5 Å². The molecule has 1 aromatic rings. The molecule has 1 saturated heterocycles. The number of nitrogens with one attached hydrogen (secondary N) is 1. The number of rotatable bonds is 5. The number of hydrogen-bond donors (Lipinski definition) is 2. The zero-order chi connectivity index (χ0) is 18.4. The molecule has 0 aromatic carbocycles. The Hall–Kier alpha value is -2.35. The van der Waals surface area contributed by atoms with Gasteiger partial charge in [0.1, 0.15) is 5.82 Å². The molecule has 2 N–H and O–H groups in total. The quantitative estimate of drug-likeness (QED) is 0.610. The highest BCUT2D eigenvalue weighted by atomic mass is 35.5. The maximum Gasteiger partial charge on any atom is 0.407 e. The van der Waals surface area contributed by atoms with Gasteiger partial charge in [0, 0.05) is 25.3 Å². The van der Waals surface area contributed by atoms with Gasteiger partial charge in [-0.15, -0.1) is 0 Å². The number of pyridine rings is 1. The molecule has 0 unspecified atom stereocenters. The van der Waals surface area contributed by atoms with Gasteiger partial charge in [-0.05, 0) is 37.5 Å². The van der Waals surface area contributed by atoms with Crippen LogP contribution in [0.25, 0.3) is 6.08 Å². The first kappa shape index (κ1) is 19.0. The van der Waals surface area contributed by atoms with Crippen molar-refractivity contribution in [1.29, 1.82) is 0 Å². The summed E-state index contributed by atoms with van der Waals surface area (Å²) in [6, 6.07) is 1.36. The lowest BCUT2D eigenvalue weighted by Crippen LogP contribution is -2.44. The Morgan fingerprint density at radius 1 is 1.60 bits per heavy atom. The van der Waals surface area contributed by atoms with Crippen molar-refractivity contribution in [2.24, 2.45) is 0 Å². The largest absolute Gasteiger partial charge is 0.465 e. The van der Waals surface area contributed by atoms with Gasteiger partial charge >= 0.3 is 12.1 Å². The van der Waals surface area contributed by atoms with Crippen molar-refractivity contribution < 1.29 is 23.8 Å². The fraction of sp³-hybridized carbons (Fsp3) is 0.438. The lowest BCUT2D eigenvalue weighted by atomic mass is 10.1. The maximum absolute atomic E-state index is 13.6. The second-order valence-corrected chi connectivity index (χ2v) is 5.93. The molecule has 25 heavy (non-hydrogen) atoms. The van der Waals surface area contributed by atoms with Crippen molar-refractivity contribution in [3.05, 3.63) is 28.7 Å². The summed E-state index contributed by atoms with van der Waals surface area (Å²) in [6.45, 7) is 2.51. The van der Waals surface area contributed by atoms with Gasteiger partial charge in [-0.25, -0.2) is 14.6 Å². The average molecular weight is 372 g/mol. The van der Waals surface area contributed by atoms with Crippen molar-refractivity contribution >= 4 is 35.6 Å². The molecule has 1 amide bonds. The second-order valence-electron chi connectivity index (χ2n) is 5.52. The molecule has 0 saturated carbocycles. The van der Waals surface area contributed by atoms with Crippen LogP contribution in [0.4, 0.5) is 15.0 Å². The number of hydrogen-bond acceptors (Lipinski definition) is 5. The minimum Gasteiger partial charge on any atom is -0.465 e. The van der Waals surface area contributed by atoms with Gasteiger partial charge in [0.15, 0.2) is 0 Å². The summed E-state index contributed by atoms with van der Waals surface area (Å²) in [5.74, 6) is -1.70. The number of esters is 1. The number of anilines is 1. The first-order chi connectivity index (χ1) is 11.9. The monoisotopic (exact) mass is 371 g/mol. The Labute approximate surface area is 149 Å². The molecule has 0 aliphatic carbocycles. The third-order valence-corrected chi connectivity index (χ3v) is 3.95. The van der Waals surface area contributed by atoms with E-state index in [0.717, 1.165) is 18.9 Å². The highest BCUT2D eigenvalue weighted by Crippen LogP contribution is 2.24. The lowest BCUT2D eigenvalue weighted by molar-refractivity contribution is -0.140. The minimum absolute atomic E-state index is 0.0801. The Morgan fingerprint density at radius 2 is 2.36 bits per heavy atom. The summed E-state index contributed by atoms with van der Waals surface area (Å²) < 4.78 is 18.2. The first-order valence-electron chi connectivity index (χ1n) is 7.85. The van der Waals surface area contributed by atoms with E-state index in [2.05, 4.69) is 15.0 Å². The highest BCUT2D eigenvalue weighted by Gasteiger charge is 2.23. The number of likely N-dealkylation sites (tertiary alicyclic amines) is 1. The zero-order valence-corrected chi connectivity index (χ0v) is 14.4. The molecule has 9 heteroatoms. The number of nitrogens with zero attached hydrogens (tertiary/aromatic N) is 2. The maximum atomic E-state index is 13.6. The van der Waals surface area contributed by atoms with Crippen molar-refractivity contribution in [2.75, 3.05) is 25.0 Å². The van der Waals surface area contributed by atoms with E-state index in [-0.39, 0.29) is 17.7 Å². The van der Waals surface area contributed by atoms with Gasteiger partial charge < -0.3 is 20.1 Å². The molecule has 2 rings (SSSR count). The minimum atomic E-state index is -1.04. The van der Waals surface area contributed by atoms with Gasteiger partial charge in [-0.2, -0.15) is 4.39 Å². The third kappa shape index (κ3) is 5.32. The van der Waals surface area contributed by atoms with Crippen molar-refractivity contribution in [2.45, 2.75) is 25.8 Å². The third-order valence-electron chi connectivity index (χ3n) is 3.66. The van der Waals surface area contributed by atoms with E-state index < -0.39 is 17.9 Å². The molecular formula is C16H19ClFN3O4. The second kappa shape index (κ2) is 8.66. The predicted octanol–water partition coefficient (Wildman–Crippen LogP) is 3.16. The number of amides is 1. The molecule has 1 aliphatic heterocycles. The molecule has 136 valence electrons. The van der Waals surface area contributed by atoms with E-state index in [9.17, 15) is 14.0 Å². The summed E-state index contributed by atoms with van der Waals surface area (Å²) in [7, 11) is 0. The van der Waals surface area contributed by atoms with Crippen LogP contribution in [0.3, 0.4) is 0 Å². The van der Waals surface area contributed by atoms with Crippen LogP contribution < -0.4 is 5.32 Å². The average Bonchev–Trinajstić information content (AvgIpc) is 2.57. The number of carbonyl (C=O) groups excluding carboxylic acids is 1. The molecule has 0 bridgehead atoms. The van der Waals surface area contributed by atoms with Crippen LogP contribution in [0.15, 0.2) is 18.1 Å². The number of piperidine rings is 1. The fourth-order valence-corrected chi connectivity index (χ4v) is 2.73. The first-order valence-corrected chi connectivity index (χ1v) is 8.22. The molecule has 1 aromatic heterocycles. The summed E-state index contributed by atoms with van der Waals surface area (Å²) in [4.78, 5) is 27.8. The Morgan fingerprint density at radius 3 is 3.00 bits per heavy atom. The molecule has 2 heterocycles. The van der Waals surface area contributed by atoms with E-state index >= 15 is 0 Å². The number of carbonyl (C=O) groups is 2. The van der Waals surface area contributed by atoms with Gasteiger partial charge in [0.05, 0.1) is 11.6 Å². The van der Waals surface area contributed by atoms with Crippen LogP contribution in [0, 0.1) is 0 Å². The topological polar surface area (TPSA) is 91.8 Å². The smallest absolute Gasteiger partial charge is 0.407 e. The van der Waals surface area contributed by atoms with E-state index in [1.807, 2.05) is 0 Å². The van der Waals surface area contributed by atoms with E-state index in [4.69, 9.17) is 16.7 Å². The number of carboxylic acid groups (broad SMARTS) is 1. The molecular weight excluding hydrogens is 353 g/mol. The molecule has 7 nitrogen and oxygen atoms in total. The normalized spacial score (nSPS) is 18.0. The zero-order valence-electron chi connectivity index (χ0n) is 13.7. The number of ether oxygens (including phenoxy) is 1. The number of halogens is 2. The summed E-state index contributed by atoms with van der Waals surface area (Å²) in [5, 5.41) is 12.4. The lowest BCUT2D eigenvalue weighted by Gasteiger charge is -2.31. The van der Waals surface area contributed by atoms with Crippen LogP contribution in [0.2, 0.25) is 5.02 Å². The van der Waals surface area contributed by atoms with Crippen LogP contribution in [0.1, 0.15) is 25.3 Å². The Balaban J connectivity index is 2.05. The van der Waals surface area contributed by atoms with Crippen LogP contribution >= 0.6 is 11.6 Å². The SMILES string of the molecule is CCOC(=O)/C(F)=C/c1cnc(N[C@@H]2CCCN(C(=O)O)C2)c(Cl)c1. The summed E-state index contributed by atoms with van der Waals surface area (Å²) in [5.41, 5.74) is 0.317. The van der Waals surface area contributed by atoms with Gasteiger partial charge in [-0.1, -0.05) is 11.6 Å². The van der Waals surface area contributed by atoms with Crippen LogP contribution in [-0.4, -0.2) is 52.8 Å². The molecule has 0 radical (unpaired) electrons. The molecule has 0 spiro atoms. The van der Waals surface area contributed by atoms with Crippen molar-refractivity contribution in [3.8, 4) is 0 Å². The van der Waals surface area contributed by atoms with E-state index in [1.165, 1.54) is 17.2 Å². The van der Waals surface area contributed by atoms with Crippen LogP contribution in [-0.2, 0) is 9.53 Å². The summed E-state index contributed by atoms with van der Waals surface area (Å²) in [6.07, 6.45) is 2.94. The summed E-state index contributed by atoms with van der Waals surface area (Å²) >= 11 is 6.15. The van der Waals surface area contributed by atoms with Crippen LogP contribution in [0.5, 0.6) is 0 Å². The Bertz CT molecular complexity index is 683. The van der Waals surface area contributed by atoms with Crippen molar-refractivity contribution in [3.63, 3.8) is 0 Å².